The van der Waals surface area contributed by atoms with Crippen LogP contribution in [0, 0.1) is 5.82 Å². The fourth-order valence-corrected chi connectivity index (χ4v) is 2.49. The number of nitrogens with zero attached hydrogens (tertiary/aromatic N) is 2. The third-order valence-corrected chi connectivity index (χ3v) is 3.39. The first kappa shape index (κ1) is 16.3. The Morgan fingerprint density at radius 2 is 2.09 bits per heavy atom. The van der Waals surface area contributed by atoms with Crippen molar-refractivity contribution >= 4 is 17.1 Å². The van der Waals surface area contributed by atoms with Crippen molar-refractivity contribution in [2.45, 2.75) is 46.4 Å². The van der Waals surface area contributed by atoms with Gasteiger partial charge in [-0.3, -0.25) is 0 Å². The van der Waals surface area contributed by atoms with E-state index in [0.717, 1.165) is 16.9 Å². The van der Waals surface area contributed by atoms with Gasteiger partial charge < -0.3 is 10.1 Å². The monoisotopic (exact) mass is 308 g/mol. The van der Waals surface area contributed by atoms with Crippen LogP contribution in [0.5, 0.6) is 0 Å². The number of hydrogen-bond acceptors (Lipinski definition) is 2. The van der Waals surface area contributed by atoms with Crippen LogP contribution in [-0.4, -0.2) is 16.3 Å². The molecule has 0 atom stereocenters. The average Bonchev–Trinajstić information content (AvgIpc) is 2.66. The van der Waals surface area contributed by atoms with E-state index in [-0.39, 0.29) is 5.82 Å². The summed E-state index contributed by atoms with van der Waals surface area (Å²) < 4.78 is 22.7. The predicted molar refractivity (Wildman–Crippen MR) is 81.8 cm³/mol. The van der Waals surface area contributed by atoms with Crippen LogP contribution < -0.4 is 9.88 Å². The first-order valence-corrected chi connectivity index (χ1v) is 7.36. The summed E-state index contributed by atoms with van der Waals surface area (Å²) in [5.74, 6) is 0.612. The Kier molecular flexibility index (Phi) is 4.39. The van der Waals surface area contributed by atoms with Gasteiger partial charge in [-0.05, 0) is 39.8 Å². The Bertz CT molecular complexity index is 701. The minimum atomic E-state index is -0.535. The number of benzene rings is 1. The maximum Gasteiger partial charge on any atom is 0.408 e. The zero-order valence-corrected chi connectivity index (χ0v) is 13.7. The number of carbonyl (C=O) groups is 1. The van der Waals surface area contributed by atoms with Crippen molar-refractivity contribution in [3.8, 4) is 0 Å². The van der Waals surface area contributed by atoms with E-state index >= 15 is 0 Å². The summed E-state index contributed by atoms with van der Waals surface area (Å²) >= 11 is 0. The van der Waals surface area contributed by atoms with Gasteiger partial charge in [-0.2, -0.15) is 0 Å². The van der Waals surface area contributed by atoms with Gasteiger partial charge in [0, 0.05) is 6.07 Å². The van der Waals surface area contributed by atoms with Crippen LogP contribution in [0.3, 0.4) is 0 Å². The summed E-state index contributed by atoms with van der Waals surface area (Å²) in [5.41, 5.74) is 1.20. The van der Waals surface area contributed by atoms with Crippen molar-refractivity contribution in [1.29, 1.82) is 0 Å². The molecule has 5 nitrogen and oxygen atoms in total. The molecular weight excluding hydrogens is 285 g/mol. The zero-order valence-electron chi connectivity index (χ0n) is 13.7. The van der Waals surface area contributed by atoms with Crippen LogP contribution in [0.25, 0.3) is 11.0 Å². The number of halogens is 1. The first-order valence-electron chi connectivity index (χ1n) is 7.36. The van der Waals surface area contributed by atoms with Gasteiger partial charge in [0.2, 0.25) is 0 Å². The number of nitrogens with one attached hydrogen (secondary N) is 1. The number of carbonyl (C=O) groups excluding carboxylic acids is 1. The van der Waals surface area contributed by atoms with E-state index in [4.69, 9.17) is 4.74 Å². The summed E-state index contributed by atoms with van der Waals surface area (Å²) in [5, 5.41) is 2.75. The molecule has 0 saturated heterocycles. The fourth-order valence-electron chi connectivity index (χ4n) is 2.49. The molecule has 0 spiro atoms. The van der Waals surface area contributed by atoms with Crippen LogP contribution in [0.15, 0.2) is 18.2 Å². The molecule has 0 radical (unpaired) electrons. The van der Waals surface area contributed by atoms with Gasteiger partial charge in [0.1, 0.15) is 18.0 Å². The molecule has 6 heteroatoms. The fraction of sp³-hybridized carbons (Fsp3) is 0.500. The van der Waals surface area contributed by atoms with E-state index < -0.39 is 11.7 Å². The molecule has 2 aromatic rings. The Labute approximate surface area is 129 Å². The summed E-state index contributed by atoms with van der Waals surface area (Å²) in [6.07, 6.45) is -0.466. The van der Waals surface area contributed by atoms with Crippen LogP contribution in [-0.2, 0) is 24.9 Å². The highest BCUT2D eigenvalue weighted by Crippen LogP contribution is 2.16. The van der Waals surface area contributed by atoms with Crippen LogP contribution >= 0.6 is 0 Å². The SMILES string of the molecule is CCn1c(CNC(=O)OC(C)(C)C)[n+](C)c2ccc(F)cc21. The third-order valence-electron chi connectivity index (χ3n) is 3.39. The van der Waals surface area contributed by atoms with Crippen LogP contribution in [0.1, 0.15) is 33.5 Å². The van der Waals surface area contributed by atoms with Gasteiger partial charge >= 0.3 is 6.09 Å². The summed E-state index contributed by atoms with van der Waals surface area (Å²) in [6.45, 7) is 8.44. The lowest BCUT2D eigenvalue weighted by atomic mass is 10.2. The van der Waals surface area contributed by atoms with Crippen molar-refractivity contribution in [3.63, 3.8) is 0 Å². The van der Waals surface area contributed by atoms with E-state index in [1.165, 1.54) is 12.1 Å². The summed E-state index contributed by atoms with van der Waals surface area (Å²) in [4.78, 5) is 11.8. The summed E-state index contributed by atoms with van der Waals surface area (Å²) in [7, 11) is 1.90. The quantitative estimate of drug-likeness (QED) is 0.886. The molecule has 0 unspecified atom stereocenters. The van der Waals surface area contributed by atoms with E-state index in [0.29, 0.717) is 13.1 Å². The molecule has 2 rings (SSSR count). The van der Waals surface area contributed by atoms with E-state index in [1.54, 1.807) is 6.07 Å². The Hall–Kier alpha value is -2.11. The molecule has 0 aliphatic carbocycles. The van der Waals surface area contributed by atoms with Crippen LogP contribution in [0.2, 0.25) is 0 Å². The number of aromatic nitrogens is 2. The second kappa shape index (κ2) is 5.94. The molecule has 22 heavy (non-hydrogen) atoms. The van der Waals surface area contributed by atoms with Crippen molar-refractivity contribution in [2.75, 3.05) is 0 Å². The van der Waals surface area contributed by atoms with Gasteiger partial charge in [0.05, 0.1) is 13.6 Å². The lowest BCUT2D eigenvalue weighted by Crippen LogP contribution is -2.39. The third kappa shape index (κ3) is 3.37. The maximum absolute atomic E-state index is 13.5. The number of fused-ring (bicyclic) bond motifs is 1. The normalized spacial score (nSPS) is 11.7. The number of alkyl carbamates (subject to hydrolysis) is 1. The van der Waals surface area contributed by atoms with Gasteiger partial charge in [-0.25, -0.2) is 18.3 Å². The molecule has 1 N–H and O–H groups in total. The largest absolute Gasteiger partial charge is 0.444 e. The smallest absolute Gasteiger partial charge is 0.408 e. The number of ether oxygens (including phenoxy) is 1. The molecule has 0 bridgehead atoms. The van der Waals surface area contributed by atoms with Crippen molar-refractivity contribution in [3.05, 3.63) is 29.8 Å². The standard InChI is InChI=1S/C16H22FN3O2/c1-6-20-13-9-11(17)7-8-12(13)19(5)14(20)10-18-15(21)22-16(2,3)4/h7-9H,6,10H2,1-5H3/p+1. The highest BCUT2D eigenvalue weighted by Gasteiger charge is 2.23. The molecule has 0 aliphatic heterocycles. The van der Waals surface area contributed by atoms with Crippen molar-refractivity contribution in [2.24, 2.45) is 7.05 Å². The molecule has 0 fully saturated rings. The molecule has 1 aromatic carbocycles. The lowest BCUT2D eigenvalue weighted by Gasteiger charge is -2.19. The number of hydrogen-bond donors (Lipinski definition) is 1. The lowest BCUT2D eigenvalue weighted by molar-refractivity contribution is -0.654. The molecule has 1 amide bonds. The maximum atomic E-state index is 13.5. The first-order chi connectivity index (χ1) is 10.2. The summed E-state index contributed by atoms with van der Waals surface area (Å²) in [6, 6.07) is 4.69. The molecule has 1 aromatic heterocycles. The van der Waals surface area contributed by atoms with Gasteiger partial charge in [0.25, 0.3) is 5.82 Å². The molecular formula is C16H23FN3O2+. The molecule has 120 valence electrons. The highest BCUT2D eigenvalue weighted by atomic mass is 19.1. The highest BCUT2D eigenvalue weighted by molar-refractivity contribution is 5.72. The Morgan fingerprint density at radius 1 is 1.41 bits per heavy atom. The van der Waals surface area contributed by atoms with Crippen molar-refractivity contribution < 1.29 is 18.5 Å². The number of aryl methyl sites for hydroxylation is 2. The Morgan fingerprint density at radius 3 is 2.68 bits per heavy atom. The predicted octanol–water partition coefficient (Wildman–Crippen LogP) is 2.65. The van der Waals surface area contributed by atoms with Crippen molar-refractivity contribution in [1.82, 2.24) is 9.88 Å². The van der Waals surface area contributed by atoms with E-state index in [9.17, 15) is 9.18 Å². The number of imidazole rings is 1. The van der Waals surface area contributed by atoms with Gasteiger partial charge in [-0.1, -0.05) is 0 Å². The Balaban J connectivity index is 2.28. The van der Waals surface area contributed by atoms with E-state index in [2.05, 4.69) is 5.32 Å². The average molecular weight is 308 g/mol. The number of amides is 1. The van der Waals surface area contributed by atoms with Crippen LogP contribution in [0.4, 0.5) is 9.18 Å². The molecule has 0 aliphatic rings. The van der Waals surface area contributed by atoms with E-state index in [1.807, 2.05) is 43.9 Å². The topological polar surface area (TPSA) is 47.1 Å². The second-order valence-electron chi connectivity index (χ2n) is 6.21. The zero-order chi connectivity index (χ0) is 16.5. The van der Waals surface area contributed by atoms with Gasteiger partial charge in [-0.15, -0.1) is 0 Å². The minimum absolute atomic E-state index is 0.271. The molecule has 1 heterocycles. The minimum Gasteiger partial charge on any atom is -0.444 e. The second-order valence-corrected chi connectivity index (χ2v) is 6.21. The number of rotatable bonds is 3. The molecule has 0 saturated carbocycles. The van der Waals surface area contributed by atoms with Gasteiger partial charge in [0.15, 0.2) is 11.0 Å².